The van der Waals surface area contributed by atoms with Gasteiger partial charge in [0.1, 0.15) is 0 Å². The number of hydrogen-bond donors (Lipinski definition) is 0. The van der Waals surface area contributed by atoms with Gasteiger partial charge in [-0.15, -0.1) is 0 Å². The highest BCUT2D eigenvalue weighted by atomic mass is 28.4. The van der Waals surface area contributed by atoms with Gasteiger partial charge in [0.05, 0.1) is 5.16 Å². The van der Waals surface area contributed by atoms with Crippen molar-refractivity contribution in [2.75, 3.05) is 26.4 Å². The lowest BCUT2D eigenvalue weighted by molar-refractivity contribution is 0.144. The van der Waals surface area contributed by atoms with Crippen LogP contribution in [0.25, 0.3) is 0 Å². The van der Waals surface area contributed by atoms with Gasteiger partial charge in [-0.3, -0.25) is 0 Å². The monoisotopic (exact) mass is 486 g/mol. The van der Waals surface area contributed by atoms with Gasteiger partial charge in [0.2, 0.25) is 0 Å². The molecule has 0 N–H and O–H groups in total. The number of unbranched alkanes of at least 4 members (excludes halogenated alkanes) is 4. The van der Waals surface area contributed by atoms with Crippen molar-refractivity contribution in [1.82, 2.24) is 0 Å². The van der Waals surface area contributed by atoms with Crippen LogP contribution >= 0.6 is 0 Å². The van der Waals surface area contributed by atoms with Gasteiger partial charge in [-0.2, -0.15) is 0 Å². The van der Waals surface area contributed by atoms with E-state index in [0.29, 0.717) is 0 Å². The van der Waals surface area contributed by atoms with E-state index in [4.69, 9.17) is 17.7 Å². The van der Waals surface area contributed by atoms with Crippen molar-refractivity contribution in [3.05, 3.63) is 23.6 Å². The van der Waals surface area contributed by atoms with Crippen molar-refractivity contribution < 1.29 is 17.7 Å². The summed E-state index contributed by atoms with van der Waals surface area (Å²) in [4.78, 5) is 0. The Labute approximate surface area is 202 Å². The average Bonchev–Trinajstić information content (AvgIpc) is 2.80. The van der Waals surface area contributed by atoms with Gasteiger partial charge in [0.15, 0.2) is 0 Å². The minimum Gasteiger partial charge on any atom is -0.391 e. The summed E-state index contributed by atoms with van der Waals surface area (Å²) in [5, 5.41) is 0.100. The van der Waals surface area contributed by atoms with Crippen LogP contribution < -0.4 is 0 Å². The maximum absolute atomic E-state index is 6.75. The fourth-order valence-electron chi connectivity index (χ4n) is 3.41. The summed E-state index contributed by atoms with van der Waals surface area (Å²) in [6, 6.07) is 0. The molecule has 0 amide bonds. The van der Waals surface area contributed by atoms with E-state index in [1.165, 1.54) is 0 Å². The Balaban J connectivity index is 6.30. The highest BCUT2D eigenvalue weighted by Gasteiger charge is 2.56. The molecule has 0 heterocycles. The fraction of sp³-hybridized carbons (Fsp3) is 0.846. The fourth-order valence-corrected chi connectivity index (χ4v) is 12.3. The van der Waals surface area contributed by atoms with Crippen molar-refractivity contribution in [2.24, 2.45) is 0 Å². The number of allylic oxidation sites excluding steroid dienone is 2. The smallest absolute Gasteiger partial charge is 0.369 e. The van der Waals surface area contributed by atoms with Crippen LogP contribution in [0.5, 0.6) is 0 Å². The number of rotatable bonds is 22. The second kappa shape index (κ2) is 20.2. The zero-order valence-electron chi connectivity index (χ0n) is 22.4. The summed E-state index contributed by atoms with van der Waals surface area (Å²) in [7, 11) is -5.44. The minimum absolute atomic E-state index is 0.100. The molecule has 0 aromatic rings. The highest BCUT2D eigenvalue weighted by Crippen LogP contribution is 2.38. The molecule has 0 aromatic carbocycles. The van der Waals surface area contributed by atoms with Crippen molar-refractivity contribution in [3.63, 3.8) is 0 Å². The third-order valence-corrected chi connectivity index (χ3v) is 14.5. The van der Waals surface area contributed by atoms with E-state index in [1.807, 2.05) is 0 Å². The second-order valence-electron chi connectivity index (χ2n) is 8.59. The van der Waals surface area contributed by atoms with Crippen LogP contribution in [0.3, 0.4) is 0 Å². The van der Waals surface area contributed by atoms with Crippen LogP contribution in [0.2, 0.25) is 5.16 Å². The van der Waals surface area contributed by atoms with E-state index in [2.05, 4.69) is 72.0 Å². The molecule has 0 unspecified atom stereocenters. The first-order valence-electron chi connectivity index (χ1n) is 13.4. The standard InChI is InChI=1S/C26H54O4Si2/c1-8-14-20-27-31(24-18-12-5,28-21-15-9-2)26(7)32(25-19-13-6,29-22-16-10-3)30-23-17-11-4/h18-19,24-26H,8-17,20-23H2,1-7H3. The van der Waals surface area contributed by atoms with Crippen molar-refractivity contribution in [2.45, 2.75) is 118 Å². The molecule has 0 spiro atoms. The molecule has 190 valence electrons. The van der Waals surface area contributed by atoms with E-state index < -0.39 is 17.1 Å². The lowest BCUT2D eigenvalue weighted by atomic mass is 10.4. The Kier molecular flexibility index (Phi) is 20.0. The molecule has 32 heavy (non-hydrogen) atoms. The second-order valence-corrected chi connectivity index (χ2v) is 15.6. The summed E-state index contributed by atoms with van der Waals surface area (Å²) in [6.45, 7) is 18.4. The molecule has 0 aliphatic rings. The summed E-state index contributed by atoms with van der Waals surface area (Å²) >= 11 is 0. The Hall–Kier alpha value is -0.246. The summed E-state index contributed by atoms with van der Waals surface area (Å²) < 4.78 is 27.0. The van der Waals surface area contributed by atoms with E-state index in [9.17, 15) is 0 Å². The molecule has 0 radical (unpaired) electrons. The topological polar surface area (TPSA) is 36.9 Å². The Morgan fingerprint density at radius 1 is 0.531 bits per heavy atom. The molecular weight excluding hydrogens is 432 g/mol. The molecule has 0 atom stereocenters. The molecule has 0 rings (SSSR count). The molecule has 0 saturated heterocycles. The van der Waals surface area contributed by atoms with Crippen LogP contribution in [-0.2, 0) is 17.7 Å². The van der Waals surface area contributed by atoms with Gasteiger partial charge in [-0.05, 0) is 49.9 Å². The van der Waals surface area contributed by atoms with Gasteiger partial charge in [0.25, 0.3) is 0 Å². The average molecular weight is 487 g/mol. The van der Waals surface area contributed by atoms with E-state index in [0.717, 1.165) is 90.6 Å². The van der Waals surface area contributed by atoms with Crippen LogP contribution in [-0.4, -0.2) is 43.5 Å². The first-order chi connectivity index (χ1) is 15.5. The lowest BCUT2D eigenvalue weighted by Gasteiger charge is -2.41. The Morgan fingerprint density at radius 2 is 0.812 bits per heavy atom. The van der Waals surface area contributed by atoms with E-state index in [1.54, 1.807) is 0 Å². The lowest BCUT2D eigenvalue weighted by Crippen LogP contribution is -2.59. The predicted molar refractivity (Wildman–Crippen MR) is 143 cm³/mol. The van der Waals surface area contributed by atoms with Crippen LogP contribution in [0.4, 0.5) is 0 Å². The molecule has 6 heteroatoms. The molecule has 0 aliphatic heterocycles. The van der Waals surface area contributed by atoms with Crippen LogP contribution in [0, 0.1) is 0 Å². The molecule has 0 saturated carbocycles. The van der Waals surface area contributed by atoms with Crippen LogP contribution in [0.1, 0.15) is 113 Å². The first-order valence-corrected chi connectivity index (χ1v) is 17.4. The molecule has 4 nitrogen and oxygen atoms in total. The van der Waals surface area contributed by atoms with Crippen LogP contribution in [0.15, 0.2) is 23.6 Å². The van der Waals surface area contributed by atoms with Crippen molar-refractivity contribution >= 4 is 17.1 Å². The van der Waals surface area contributed by atoms with E-state index >= 15 is 0 Å². The quantitative estimate of drug-likeness (QED) is 0.114. The van der Waals surface area contributed by atoms with Gasteiger partial charge >= 0.3 is 17.1 Å². The minimum atomic E-state index is -2.72. The third kappa shape index (κ3) is 11.8. The molecular formula is C26H54O4Si2. The van der Waals surface area contributed by atoms with E-state index in [-0.39, 0.29) is 5.16 Å². The summed E-state index contributed by atoms with van der Waals surface area (Å²) in [5.74, 6) is 0. The third-order valence-electron chi connectivity index (χ3n) is 5.68. The highest BCUT2D eigenvalue weighted by molar-refractivity contribution is 6.92. The molecule has 0 fully saturated rings. The largest absolute Gasteiger partial charge is 0.391 e. The SMILES string of the molecule is CCC=C[Si](OCCCC)(OCCCC)C(C)[Si](C=CCC)(OCCCC)OCCCC. The molecule has 0 aliphatic carbocycles. The first kappa shape index (κ1) is 31.8. The zero-order valence-corrected chi connectivity index (χ0v) is 24.4. The predicted octanol–water partition coefficient (Wildman–Crippen LogP) is 8.08. The Morgan fingerprint density at radius 3 is 1.03 bits per heavy atom. The van der Waals surface area contributed by atoms with Gasteiger partial charge in [-0.25, -0.2) is 0 Å². The van der Waals surface area contributed by atoms with Crippen molar-refractivity contribution in [1.29, 1.82) is 0 Å². The normalized spacial score (nSPS) is 14.1. The Bertz CT molecular complexity index is 420. The summed E-state index contributed by atoms with van der Waals surface area (Å²) in [6.07, 6.45) is 15.1. The van der Waals surface area contributed by atoms with Gasteiger partial charge in [0, 0.05) is 26.4 Å². The zero-order chi connectivity index (χ0) is 24.1. The molecule has 0 aromatic heterocycles. The van der Waals surface area contributed by atoms with Gasteiger partial charge in [-0.1, -0.05) is 86.3 Å². The van der Waals surface area contributed by atoms with Gasteiger partial charge < -0.3 is 17.7 Å². The maximum Gasteiger partial charge on any atom is 0.369 e. The summed E-state index contributed by atoms with van der Waals surface area (Å²) in [5.41, 5.74) is 4.58. The molecule has 0 bridgehead atoms. The number of hydrogen-bond acceptors (Lipinski definition) is 4. The van der Waals surface area contributed by atoms with Crippen molar-refractivity contribution in [3.8, 4) is 0 Å². The maximum atomic E-state index is 6.75.